The first-order chi connectivity index (χ1) is 18.4. The van der Waals surface area contributed by atoms with Gasteiger partial charge in [-0.2, -0.15) is 0 Å². The first-order valence-electron chi connectivity index (χ1n) is 15.3. The third-order valence-electron chi connectivity index (χ3n) is 8.24. The zero-order valence-corrected chi connectivity index (χ0v) is 24.7. The van der Waals surface area contributed by atoms with Crippen LogP contribution in [0, 0.1) is 6.92 Å². The molecule has 2 aromatic carbocycles. The fourth-order valence-corrected chi connectivity index (χ4v) is 5.89. The maximum atomic E-state index is 11.2. The van der Waals surface area contributed by atoms with E-state index in [-0.39, 0.29) is 6.04 Å². The molecule has 1 aliphatic rings. The monoisotopic (exact) mass is 520 g/mol. The van der Waals surface area contributed by atoms with Crippen LogP contribution in [0.25, 0.3) is 0 Å². The summed E-state index contributed by atoms with van der Waals surface area (Å²) < 4.78 is 0. The number of likely N-dealkylation sites (N-methyl/N-ethyl adjacent to an activating group) is 1. The molecule has 0 spiro atoms. The number of unbranched alkanes of at least 4 members (excludes halogenated alkanes) is 3. The van der Waals surface area contributed by atoms with E-state index >= 15 is 0 Å². The minimum Gasteiger partial charge on any atom is -0.507 e. The highest BCUT2D eigenvalue weighted by molar-refractivity contribution is 5.84. The summed E-state index contributed by atoms with van der Waals surface area (Å²) in [6, 6.07) is 9.21. The molecule has 0 amide bonds. The average Bonchev–Trinajstić information content (AvgIpc) is 2.92. The number of aromatic hydroxyl groups is 2. The number of benzene rings is 2. The summed E-state index contributed by atoms with van der Waals surface area (Å²) in [6.45, 7) is 9.37. The molecule has 4 nitrogen and oxygen atoms in total. The van der Waals surface area contributed by atoms with E-state index in [1.54, 1.807) is 0 Å². The van der Waals surface area contributed by atoms with Crippen molar-refractivity contribution in [3.05, 3.63) is 57.6 Å². The molecule has 2 N–H and O–H groups in total. The molecular weight excluding hydrogens is 468 g/mol. The lowest BCUT2D eigenvalue weighted by molar-refractivity contribution is 0.162. The Morgan fingerprint density at radius 1 is 0.816 bits per heavy atom. The number of aliphatic imine (C=N–C) groups is 1. The Bertz CT molecular complexity index is 1050. The Labute approximate surface area is 232 Å². The Kier molecular flexibility index (Phi) is 12.2. The summed E-state index contributed by atoms with van der Waals surface area (Å²) in [4.78, 5) is 7.48. The van der Waals surface area contributed by atoms with Gasteiger partial charge in [-0.1, -0.05) is 71.1 Å². The topological polar surface area (TPSA) is 56.1 Å². The van der Waals surface area contributed by atoms with Crippen LogP contribution in [0.15, 0.2) is 29.3 Å². The Morgan fingerprint density at radius 2 is 1.42 bits per heavy atom. The van der Waals surface area contributed by atoms with Crippen LogP contribution in [-0.2, 0) is 25.8 Å². The fraction of sp³-hybridized carbons (Fsp3) is 0.618. The van der Waals surface area contributed by atoms with Gasteiger partial charge < -0.3 is 10.2 Å². The molecule has 4 heteroatoms. The van der Waals surface area contributed by atoms with E-state index in [1.807, 2.05) is 13.1 Å². The minimum atomic E-state index is 0.192. The third kappa shape index (κ3) is 8.33. The first kappa shape index (κ1) is 30.2. The molecule has 0 bridgehead atoms. The molecule has 0 unspecified atom stereocenters. The van der Waals surface area contributed by atoms with Gasteiger partial charge in [-0.15, -0.1) is 0 Å². The second-order valence-electron chi connectivity index (χ2n) is 11.5. The van der Waals surface area contributed by atoms with Gasteiger partial charge >= 0.3 is 0 Å². The van der Waals surface area contributed by atoms with Crippen LogP contribution in [-0.4, -0.2) is 40.5 Å². The number of phenolic OH excluding ortho intramolecular Hbond substituents is 2. The molecule has 3 rings (SSSR count). The highest BCUT2D eigenvalue weighted by Gasteiger charge is 2.28. The maximum absolute atomic E-state index is 11.2. The van der Waals surface area contributed by atoms with Crippen LogP contribution in [0.5, 0.6) is 11.5 Å². The van der Waals surface area contributed by atoms with E-state index in [9.17, 15) is 10.2 Å². The van der Waals surface area contributed by atoms with E-state index in [1.165, 1.54) is 36.8 Å². The molecule has 0 heterocycles. The summed E-state index contributed by atoms with van der Waals surface area (Å²) in [5, 5.41) is 21.9. The van der Waals surface area contributed by atoms with Crippen LogP contribution >= 0.6 is 0 Å². The minimum absolute atomic E-state index is 0.192. The zero-order chi connectivity index (χ0) is 27.5. The van der Waals surface area contributed by atoms with Crippen LogP contribution in [0.2, 0.25) is 0 Å². The van der Waals surface area contributed by atoms with Gasteiger partial charge in [0, 0.05) is 29.9 Å². The van der Waals surface area contributed by atoms with Crippen molar-refractivity contribution in [1.82, 2.24) is 4.90 Å². The molecule has 2 aromatic rings. The molecule has 1 aliphatic carbocycles. The van der Waals surface area contributed by atoms with E-state index in [4.69, 9.17) is 4.99 Å². The van der Waals surface area contributed by atoms with Crippen molar-refractivity contribution in [2.45, 2.75) is 130 Å². The van der Waals surface area contributed by atoms with Gasteiger partial charge in [0.05, 0.1) is 6.04 Å². The predicted molar refractivity (Wildman–Crippen MR) is 162 cm³/mol. The molecule has 0 aromatic heterocycles. The summed E-state index contributed by atoms with van der Waals surface area (Å²) in [5.74, 6) is 0.842. The second-order valence-corrected chi connectivity index (χ2v) is 11.5. The molecule has 1 saturated carbocycles. The van der Waals surface area contributed by atoms with Crippen molar-refractivity contribution in [3.8, 4) is 11.5 Å². The SMILES string of the molecule is CCCCc1cc(C)c(O)c(C=N[C@@H]2CCCC[C@H]2N(C)Cc2cc(CCCC)cc(CCCC)c2O)c1. The van der Waals surface area contributed by atoms with Crippen molar-refractivity contribution in [2.24, 2.45) is 4.99 Å². The quantitative estimate of drug-likeness (QED) is 0.246. The Balaban J connectivity index is 1.80. The Hall–Kier alpha value is -2.33. The first-order valence-corrected chi connectivity index (χ1v) is 15.3. The highest BCUT2D eigenvalue weighted by atomic mass is 16.3. The fourth-order valence-electron chi connectivity index (χ4n) is 5.89. The number of nitrogens with zero attached hydrogens (tertiary/aromatic N) is 2. The second kappa shape index (κ2) is 15.3. The normalized spacial score (nSPS) is 18.1. The van der Waals surface area contributed by atoms with Crippen LogP contribution in [0.3, 0.4) is 0 Å². The smallest absolute Gasteiger partial charge is 0.127 e. The summed E-state index contributed by atoms with van der Waals surface area (Å²) in [6.07, 6.45) is 16.4. The Morgan fingerprint density at radius 3 is 2.11 bits per heavy atom. The highest BCUT2D eigenvalue weighted by Crippen LogP contribution is 2.32. The van der Waals surface area contributed by atoms with Crippen molar-refractivity contribution < 1.29 is 10.2 Å². The van der Waals surface area contributed by atoms with Crippen molar-refractivity contribution >= 4 is 6.21 Å². The molecule has 1 fully saturated rings. The molecule has 0 radical (unpaired) electrons. The zero-order valence-electron chi connectivity index (χ0n) is 24.7. The van der Waals surface area contributed by atoms with Gasteiger partial charge in [-0.05, 0) is 93.7 Å². The van der Waals surface area contributed by atoms with Gasteiger partial charge in [0.15, 0.2) is 0 Å². The van der Waals surface area contributed by atoms with Gasteiger partial charge in [0.25, 0.3) is 0 Å². The summed E-state index contributed by atoms with van der Waals surface area (Å²) >= 11 is 0. The lowest BCUT2D eigenvalue weighted by Gasteiger charge is -2.36. The third-order valence-corrected chi connectivity index (χ3v) is 8.24. The standard InChI is InChI=1S/C34H52N2O2/c1-6-9-14-26-19-25(4)33(37)29(21-26)23-35-31-17-12-13-18-32(31)36(5)24-30-22-27(15-10-7-2)20-28(34(30)38)16-11-8-3/h19-23,31-32,37-38H,6-18,24H2,1-5H3/t31-,32-/m1/s1. The van der Waals surface area contributed by atoms with Crippen molar-refractivity contribution in [1.29, 1.82) is 0 Å². The summed E-state index contributed by atoms with van der Waals surface area (Å²) in [7, 11) is 2.19. The lowest BCUT2D eigenvalue weighted by atomic mass is 9.89. The lowest BCUT2D eigenvalue weighted by Crippen LogP contribution is -2.42. The van der Waals surface area contributed by atoms with Gasteiger partial charge in [0.1, 0.15) is 11.5 Å². The van der Waals surface area contributed by atoms with Crippen LogP contribution in [0.1, 0.15) is 118 Å². The predicted octanol–water partition coefficient (Wildman–Crippen LogP) is 8.30. The van der Waals surface area contributed by atoms with Gasteiger partial charge in [-0.3, -0.25) is 9.89 Å². The van der Waals surface area contributed by atoms with E-state index < -0.39 is 0 Å². The number of aryl methyl sites for hydroxylation is 4. The van der Waals surface area contributed by atoms with E-state index in [0.717, 1.165) is 86.6 Å². The molecular formula is C34H52N2O2. The van der Waals surface area contributed by atoms with Gasteiger partial charge in [0.2, 0.25) is 0 Å². The number of hydrogen-bond acceptors (Lipinski definition) is 4. The largest absolute Gasteiger partial charge is 0.507 e. The molecule has 0 saturated heterocycles. The van der Waals surface area contributed by atoms with E-state index in [0.29, 0.717) is 17.5 Å². The molecule has 2 atom stereocenters. The molecule has 38 heavy (non-hydrogen) atoms. The molecule has 0 aliphatic heterocycles. The van der Waals surface area contributed by atoms with Crippen molar-refractivity contribution in [3.63, 3.8) is 0 Å². The van der Waals surface area contributed by atoms with Gasteiger partial charge in [-0.25, -0.2) is 0 Å². The maximum Gasteiger partial charge on any atom is 0.127 e. The van der Waals surface area contributed by atoms with E-state index in [2.05, 4.69) is 57.0 Å². The van der Waals surface area contributed by atoms with Crippen LogP contribution in [0.4, 0.5) is 0 Å². The molecule has 210 valence electrons. The summed E-state index contributed by atoms with van der Waals surface area (Å²) in [5.41, 5.74) is 6.55. The number of rotatable bonds is 14. The van der Waals surface area contributed by atoms with Crippen molar-refractivity contribution in [2.75, 3.05) is 7.05 Å². The number of hydrogen-bond donors (Lipinski definition) is 2. The number of phenols is 2. The van der Waals surface area contributed by atoms with Crippen LogP contribution < -0.4 is 0 Å². The average molecular weight is 521 g/mol.